The molecule has 2 aromatic rings. The molecule has 3 rings (SSSR count). The first-order valence-electron chi connectivity index (χ1n) is 7.98. The summed E-state index contributed by atoms with van der Waals surface area (Å²) in [7, 11) is 0. The van der Waals surface area contributed by atoms with Crippen LogP contribution in [0.2, 0.25) is 0 Å². The molecule has 1 unspecified atom stereocenters. The summed E-state index contributed by atoms with van der Waals surface area (Å²) >= 11 is 0. The summed E-state index contributed by atoms with van der Waals surface area (Å²) in [5, 5.41) is 0. The zero-order chi connectivity index (χ0) is 16.1. The van der Waals surface area contributed by atoms with Gasteiger partial charge in [-0.2, -0.15) is 0 Å². The topological polar surface area (TPSA) is 68.7 Å². The van der Waals surface area contributed by atoms with E-state index >= 15 is 0 Å². The number of ether oxygens (including phenoxy) is 1. The Kier molecular flexibility index (Phi) is 5.10. The summed E-state index contributed by atoms with van der Waals surface area (Å²) in [6, 6.07) is 11.7. The third-order valence-corrected chi connectivity index (χ3v) is 4.05. The molecule has 0 saturated carbocycles. The Balaban J connectivity index is 1.76. The van der Waals surface area contributed by atoms with Crippen molar-refractivity contribution in [3.8, 4) is 0 Å². The Morgan fingerprint density at radius 1 is 1.30 bits per heavy atom. The zero-order valence-corrected chi connectivity index (χ0v) is 13.1. The Morgan fingerprint density at radius 3 is 2.78 bits per heavy atom. The van der Waals surface area contributed by atoms with E-state index in [2.05, 4.69) is 0 Å². The predicted octanol–water partition coefficient (Wildman–Crippen LogP) is 2.56. The molecule has 1 aliphatic rings. The van der Waals surface area contributed by atoms with Crippen LogP contribution in [0.5, 0.6) is 0 Å². The highest BCUT2D eigenvalue weighted by atomic mass is 16.5. The van der Waals surface area contributed by atoms with Crippen molar-refractivity contribution in [3.05, 3.63) is 59.5 Å². The Bertz CT molecular complexity index is 633. The molecular formula is C18H22N2O3. The van der Waals surface area contributed by atoms with Crippen LogP contribution in [0.15, 0.2) is 47.1 Å². The minimum absolute atomic E-state index is 0.0483. The molecule has 0 spiro atoms. The van der Waals surface area contributed by atoms with Gasteiger partial charge < -0.3 is 19.8 Å². The largest absolute Gasteiger partial charge is 0.467 e. The summed E-state index contributed by atoms with van der Waals surface area (Å²) in [4.78, 5) is 14.7. The molecule has 0 radical (unpaired) electrons. The van der Waals surface area contributed by atoms with Crippen molar-refractivity contribution < 1.29 is 13.9 Å². The maximum absolute atomic E-state index is 12.8. The lowest BCUT2D eigenvalue weighted by Gasteiger charge is -2.25. The van der Waals surface area contributed by atoms with Gasteiger partial charge in [0.05, 0.1) is 18.2 Å². The molecule has 2 heterocycles. The van der Waals surface area contributed by atoms with Crippen LogP contribution >= 0.6 is 0 Å². The molecule has 23 heavy (non-hydrogen) atoms. The van der Waals surface area contributed by atoms with E-state index in [1.165, 1.54) is 6.26 Å². The molecule has 1 aliphatic heterocycles. The van der Waals surface area contributed by atoms with Crippen molar-refractivity contribution in [3.63, 3.8) is 0 Å². The summed E-state index contributed by atoms with van der Waals surface area (Å²) < 4.78 is 11.0. The number of carbonyl (C=O) groups is 1. The van der Waals surface area contributed by atoms with Crippen molar-refractivity contribution in [2.75, 3.05) is 13.2 Å². The van der Waals surface area contributed by atoms with E-state index in [1.807, 2.05) is 35.2 Å². The number of amides is 1. The van der Waals surface area contributed by atoms with Crippen molar-refractivity contribution in [2.45, 2.75) is 32.0 Å². The van der Waals surface area contributed by atoms with Crippen molar-refractivity contribution in [1.29, 1.82) is 0 Å². The van der Waals surface area contributed by atoms with Crippen molar-refractivity contribution >= 4 is 5.91 Å². The number of rotatable bonds is 6. The first kappa shape index (κ1) is 15.8. The van der Waals surface area contributed by atoms with Gasteiger partial charge in [0.25, 0.3) is 5.91 Å². The number of furan rings is 1. The average Bonchev–Trinajstić information content (AvgIpc) is 3.26. The zero-order valence-electron chi connectivity index (χ0n) is 13.1. The fourth-order valence-corrected chi connectivity index (χ4v) is 2.84. The van der Waals surface area contributed by atoms with Gasteiger partial charge in [-0.25, -0.2) is 0 Å². The van der Waals surface area contributed by atoms with E-state index in [1.54, 1.807) is 6.07 Å². The Labute approximate surface area is 136 Å². The Morgan fingerprint density at radius 2 is 2.13 bits per heavy atom. The molecule has 1 amide bonds. The van der Waals surface area contributed by atoms with E-state index in [4.69, 9.17) is 14.9 Å². The highest BCUT2D eigenvalue weighted by Gasteiger charge is 2.24. The highest BCUT2D eigenvalue weighted by molar-refractivity contribution is 5.94. The van der Waals surface area contributed by atoms with Crippen molar-refractivity contribution in [2.24, 2.45) is 5.73 Å². The minimum atomic E-state index is -0.0483. The second-order valence-electron chi connectivity index (χ2n) is 5.81. The van der Waals surface area contributed by atoms with E-state index in [0.29, 0.717) is 24.4 Å². The molecule has 122 valence electrons. The maximum Gasteiger partial charge on any atom is 0.257 e. The third kappa shape index (κ3) is 4.00. The van der Waals surface area contributed by atoms with Gasteiger partial charge in [-0.05, 0) is 24.5 Å². The minimum Gasteiger partial charge on any atom is -0.467 e. The van der Waals surface area contributed by atoms with Gasteiger partial charge in [-0.3, -0.25) is 4.79 Å². The fraction of sp³-hybridized carbons (Fsp3) is 0.389. The fourth-order valence-electron chi connectivity index (χ4n) is 2.84. The number of nitrogens with zero attached hydrogens (tertiary/aromatic N) is 1. The van der Waals surface area contributed by atoms with Crippen LogP contribution in [0.25, 0.3) is 0 Å². The monoisotopic (exact) mass is 314 g/mol. The van der Waals surface area contributed by atoms with E-state index < -0.39 is 0 Å². The number of hydrogen-bond donors (Lipinski definition) is 1. The third-order valence-electron chi connectivity index (χ3n) is 4.05. The van der Waals surface area contributed by atoms with E-state index in [0.717, 1.165) is 25.0 Å². The predicted molar refractivity (Wildman–Crippen MR) is 86.8 cm³/mol. The van der Waals surface area contributed by atoms with Gasteiger partial charge in [0.2, 0.25) is 0 Å². The molecule has 5 heteroatoms. The van der Waals surface area contributed by atoms with Gasteiger partial charge in [-0.1, -0.05) is 30.3 Å². The molecule has 5 nitrogen and oxygen atoms in total. The standard InChI is InChI=1S/C18H22N2O3/c19-10-17-9-15(13-23-17)18(21)20(12-16-7-4-8-22-16)11-14-5-2-1-3-6-14/h1-3,5-6,9,13,16H,4,7-8,10-12,19H2. The smallest absolute Gasteiger partial charge is 0.257 e. The van der Waals surface area contributed by atoms with Crippen LogP contribution in [0.3, 0.4) is 0 Å². The summed E-state index contributed by atoms with van der Waals surface area (Å²) in [5.41, 5.74) is 7.20. The quantitative estimate of drug-likeness (QED) is 0.889. The van der Waals surface area contributed by atoms with Gasteiger partial charge in [0, 0.05) is 19.7 Å². The molecule has 0 bridgehead atoms. The van der Waals surface area contributed by atoms with Gasteiger partial charge in [-0.15, -0.1) is 0 Å². The molecule has 1 fully saturated rings. The van der Waals surface area contributed by atoms with Crippen LogP contribution in [-0.4, -0.2) is 30.1 Å². The SMILES string of the molecule is NCc1cc(C(=O)N(Cc2ccccc2)CC2CCCO2)co1. The lowest BCUT2D eigenvalue weighted by Crippen LogP contribution is -2.36. The number of nitrogens with two attached hydrogens (primary N) is 1. The number of hydrogen-bond acceptors (Lipinski definition) is 4. The van der Waals surface area contributed by atoms with E-state index in [9.17, 15) is 4.79 Å². The number of benzene rings is 1. The van der Waals surface area contributed by atoms with Gasteiger partial charge in [0.15, 0.2) is 0 Å². The van der Waals surface area contributed by atoms with Gasteiger partial charge in [0.1, 0.15) is 12.0 Å². The second kappa shape index (κ2) is 7.44. The summed E-state index contributed by atoms with van der Waals surface area (Å²) in [6.45, 7) is 2.22. The van der Waals surface area contributed by atoms with Crippen LogP contribution in [0.1, 0.15) is 34.5 Å². The highest BCUT2D eigenvalue weighted by Crippen LogP contribution is 2.18. The van der Waals surface area contributed by atoms with Crippen LogP contribution in [0.4, 0.5) is 0 Å². The molecular weight excluding hydrogens is 292 g/mol. The van der Waals surface area contributed by atoms with Crippen LogP contribution in [-0.2, 0) is 17.8 Å². The van der Waals surface area contributed by atoms with E-state index in [-0.39, 0.29) is 18.6 Å². The average molecular weight is 314 g/mol. The van der Waals surface area contributed by atoms with Crippen molar-refractivity contribution in [1.82, 2.24) is 4.90 Å². The first-order chi connectivity index (χ1) is 11.3. The normalized spacial score (nSPS) is 17.3. The van der Waals surface area contributed by atoms with Crippen LogP contribution < -0.4 is 5.73 Å². The number of carbonyl (C=O) groups excluding carboxylic acids is 1. The first-order valence-corrected chi connectivity index (χ1v) is 7.98. The lowest BCUT2D eigenvalue weighted by atomic mass is 10.1. The Hall–Kier alpha value is -2.11. The molecule has 2 N–H and O–H groups in total. The van der Waals surface area contributed by atoms with Gasteiger partial charge >= 0.3 is 0 Å². The second-order valence-corrected chi connectivity index (χ2v) is 5.81. The summed E-state index contributed by atoms with van der Waals surface area (Å²) in [5.74, 6) is 0.568. The molecule has 1 atom stereocenters. The van der Waals surface area contributed by atoms with Crippen LogP contribution in [0, 0.1) is 0 Å². The summed E-state index contributed by atoms with van der Waals surface area (Å²) in [6.07, 6.45) is 3.65. The molecule has 1 saturated heterocycles. The molecule has 1 aromatic heterocycles. The lowest BCUT2D eigenvalue weighted by molar-refractivity contribution is 0.0506. The maximum atomic E-state index is 12.8. The molecule has 0 aliphatic carbocycles. The molecule has 1 aromatic carbocycles.